The zero-order chi connectivity index (χ0) is 15.2. The Morgan fingerprint density at radius 1 is 1.19 bits per heavy atom. The van der Waals surface area contributed by atoms with E-state index in [1.807, 2.05) is 44.2 Å². The molecule has 0 radical (unpaired) electrons. The molecule has 1 heterocycles. The molecule has 2 amide bonds. The Balaban J connectivity index is 2.08. The first-order valence-corrected chi connectivity index (χ1v) is 6.78. The molecule has 110 valence electrons. The highest BCUT2D eigenvalue weighted by Gasteiger charge is 2.13. The Kier molecular flexibility index (Phi) is 4.71. The Bertz CT molecular complexity index is 634. The quantitative estimate of drug-likeness (QED) is 0.862. The summed E-state index contributed by atoms with van der Waals surface area (Å²) in [5.74, 6) is -0.580. The van der Waals surface area contributed by atoms with Crippen LogP contribution >= 0.6 is 0 Å². The Morgan fingerprint density at radius 3 is 2.57 bits per heavy atom. The fraction of sp³-hybridized carbons (Fsp3) is 0.267. The number of carbonyl (C=O) groups excluding carboxylic acids is 2. The van der Waals surface area contributed by atoms with Gasteiger partial charge in [0.1, 0.15) is 0 Å². The van der Waals surface area contributed by atoms with Crippen molar-refractivity contribution in [1.82, 2.24) is 20.4 Å². The lowest BCUT2D eigenvalue weighted by atomic mass is 10.3. The van der Waals surface area contributed by atoms with Gasteiger partial charge in [-0.1, -0.05) is 18.2 Å². The van der Waals surface area contributed by atoms with Crippen LogP contribution < -0.4 is 10.6 Å². The monoisotopic (exact) mass is 286 g/mol. The second kappa shape index (κ2) is 6.69. The van der Waals surface area contributed by atoms with Crippen molar-refractivity contribution in [1.29, 1.82) is 0 Å². The van der Waals surface area contributed by atoms with Crippen LogP contribution in [0.5, 0.6) is 0 Å². The molecule has 1 aromatic carbocycles. The van der Waals surface area contributed by atoms with Crippen LogP contribution in [0.4, 0.5) is 0 Å². The number of benzene rings is 1. The van der Waals surface area contributed by atoms with Crippen LogP contribution in [0, 0.1) is 6.92 Å². The van der Waals surface area contributed by atoms with Gasteiger partial charge in [0.2, 0.25) is 5.91 Å². The summed E-state index contributed by atoms with van der Waals surface area (Å²) in [5, 5.41) is 9.44. The number of nitrogens with one attached hydrogen (secondary N) is 2. The Hall–Kier alpha value is -2.63. The molecule has 6 heteroatoms. The summed E-state index contributed by atoms with van der Waals surface area (Å²) in [6.07, 6.45) is 0. The third kappa shape index (κ3) is 3.68. The SMILES string of the molecule is CCNC(=O)CNC(=O)c1cc(C)n(-c2ccccc2)n1. The number of para-hydroxylation sites is 1. The molecular weight excluding hydrogens is 268 g/mol. The summed E-state index contributed by atoms with van der Waals surface area (Å²) in [6, 6.07) is 11.3. The number of aryl methyl sites for hydroxylation is 1. The van der Waals surface area contributed by atoms with Crippen molar-refractivity contribution in [3.05, 3.63) is 47.8 Å². The molecule has 0 atom stereocenters. The van der Waals surface area contributed by atoms with Gasteiger partial charge < -0.3 is 10.6 Å². The topological polar surface area (TPSA) is 76.0 Å². The third-order valence-corrected chi connectivity index (χ3v) is 2.90. The van der Waals surface area contributed by atoms with Crippen molar-refractivity contribution in [2.45, 2.75) is 13.8 Å². The highest BCUT2D eigenvalue weighted by atomic mass is 16.2. The molecule has 0 aliphatic rings. The zero-order valence-corrected chi connectivity index (χ0v) is 12.1. The van der Waals surface area contributed by atoms with Gasteiger partial charge in [-0.3, -0.25) is 9.59 Å². The van der Waals surface area contributed by atoms with Gasteiger partial charge >= 0.3 is 0 Å². The predicted octanol–water partition coefficient (Wildman–Crippen LogP) is 1.05. The van der Waals surface area contributed by atoms with Gasteiger partial charge in [-0.25, -0.2) is 4.68 Å². The van der Waals surface area contributed by atoms with Crippen LogP contribution in [0.1, 0.15) is 23.1 Å². The maximum Gasteiger partial charge on any atom is 0.272 e. The molecule has 6 nitrogen and oxygen atoms in total. The normalized spacial score (nSPS) is 10.2. The molecule has 2 rings (SSSR count). The average Bonchev–Trinajstić information content (AvgIpc) is 2.88. The van der Waals surface area contributed by atoms with Gasteiger partial charge in [0.15, 0.2) is 5.69 Å². The van der Waals surface area contributed by atoms with E-state index in [9.17, 15) is 9.59 Å². The van der Waals surface area contributed by atoms with E-state index < -0.39 is 0 Å². The molecule has 21 heavy (non-hydrogen) atoms. The van der Waals surface area contributed by atoms with Crippen molar-refractivity contribution in [2.24, 2.45) is 0 Å². The van der Waals surface area contributed by atoms with E-state index in [4.69, 9.17) is 0 Å². The minimum Gasteiger partial charge on any atom is -0.355 e. The number of amides is 2. The first kappa shape index (κ1) is 14.8. The van der Waals surface area contributed by atoms with Crippen molar-refractivity contribution in [2.75, 3.05) is 13.1 Å². The number of nitrogens with zero attached hydrogens (tertiary/aromatic N) is 2. The second-order valence-corrected chi connectivity index (χ2v) is 4.55. The highest BCUT2D eigenvalue weighted by Crippen LogP contribution is 2.11. The molecule has 1 aromatic heterocycles. The number of aromatic nitrogens is 2. The summed E-state index contributed by atoms with van der Waals surface area (Å²) in [4.78, 5) is 23.3. The molecule has 2 aromatic rings. The predicted molar refractivity (Wildman–Crippen MR) is 79.3 cm³/mol. The van der Waals surface area contributed by atoms with E-state index in [-0.39, 0.29) is 18.4 Å². The third-order valence-electron chi connectivity index (χ3n) is 2.90. The van der Waals surface area contributed by atoms with Crippen LogP contribution in [0.25, 0.3) is 5.69 Å². The van der Waals surface area contributed by atoms with Gasteiger partial charge in [0.05, 0.1) is 12.2 Å². The van der Waals surface area contributed by atoms with E-state index in [1.54, 1.807) is 10.7 Å². The van der Waals surface area contributed by atoms with Crippen molar-refractivity contribution >= 4 is 11.8 Å². The van der Waals surface area contributed by atoms with Crippen LogP contribution in [-0.4, -0.2) is 34.7 Å². The fourth-order valence-electron chi connectivity index (χ4n) is 1.93. The van der Waals surface area contributed by atoms with Gasteiger partial charge in [0.25, 0.3) is 5.91 Å². The average molecular weight is 286 g/mol. The van der Waals surface area contributed by atoms with Gasteiger partial charge in [-0.15, -0.1) is 0 Å². The number of likely N-dealkylation sites (N-methyl/N-ethyl adjacent to an activating group) is 1. The summed E-state index contributed by atoms with van der Waals surface area (Å²) >= 11 is 0. The molecule has 2 N–H and O–H groups in total. The minimum absolute atomic E-state index is 0.0517. The lowest BCUT2D eigenvalue weighted by molar-refractivity contribution is -0.120. The molecule has 0 aliphatic heterocycles. The van der Waals surface area contributed by atoms with Gasteiger partial charge in [0, 0.05) is 12.2 Å². The standard InChI is InChI=1S/C15H18N4O2/c1-3-16-14(20)10-17-15(21)13-9-11(2)19(18-13)12-7-5-4-6-8-12/h4-9H,3,10H2,1-2H3,(H,16,20)(H,17,21). The Labute approximate surface area is 123 Å². The molecule has 0 saturated carbocycles. The van der Waals surface area contributed by atoms with Crippen LogP contribution in [0.2, 0.25) is 0 Å². The van der Waals surface area contributed by atoms with Crippen LogP contribution in [0.3, 0.4) is 0 Å². The first-order valence-electron chi connectivity index (χ1n) is 6.78. The van der Waals surface area contributed by atoms with E-state index in [2.05, 4.69) is 15.7 Å². The number of carbonyl (C=O) groups is 2. The summed E-state index contributed by atoms with van der Waals surface area (Å²) in [7, 11) is 0. The zero-order valence-electron chi connectivity index (χ0n) is 12.1. The van der Waals surface area contributed by atoms with E-state index in [1.165, 1.54) is 0 Å². The highest BCUT2D eigenvalue weighted by molar-refractivity contribution is 5.95. The summed E-state index contributed by atoms with van der Waals surface area (Å²) in [5.41, 5.74) is 2.03. The maximum absolute atomic E-state index is 12.0. The lowest BCUT2D eigenvalue weighted by Gasteiger charge is -2.04. The van der Waals surface area contributed by atoms with E-state index in [0.29, 0.717) is 12.2 Å². The van der Waals surface area contributed by atoms with E-state index in [0.717, 1.165) is 11.4 Å². The van der Waals surface area contributed by atoms with Crippen LogP contribution in [-0.2, 0) is 4.79 Å². The molecular formula is C15H18N4O2. The van der Waals surface area contributed by atoms with Crippen molar-refractivity contribution in [3.8, 4) is 5.69 Å². The fourth-order valence-corrected chi connectivity index (χ4v) is 1.93. The Morgan fingerprint density at radius 2 is 1.90 bits per heavy atom. The second-order valence-electron chi connectivity index (χ2n) is 4.55. The number of rotatable bonds is 5. The number of hydrogen-bond donors (Lipinski definition) is 2. The summed E-state index contributed by atoms with van der Waals surface area (Å²) in [6.45, 7) is 4.19. The molecule has 0 spiro atoms. The van der Waals surface area contributed by atoms with Gasteiger partial charge in [-0.2, -0.15) is 5.10 Å². The largest absolute Gasteiger partial charge is 0.355 e. The lowest BCUT2D eigenvalue weighted by Crippen LogP contribution is -2.36. The molecule has 0 bridgehead atoms. The minimum atomic E-state index is -0.362. The smallest absolute Gasteiger partial charge is 0.272 e. The summed E-state index contributed by atoms with van der Waals surface area (Å²) < 4.78 is 1.70. The molecule has 0 fully saturated rings. The number of hydrogen-bond acceptors (Lipinski definition) is 3. The maximum atomic E-state index is 12.0. The molecule has 0 unspecified atom stereocenters. The van der Waals surface area contributed by atoms with Crippen molar-refractivity contribution < 1.29 is 9.59 Å². The van der Waals surface area contributed by atoms with E-state index >= 15 is 0 Å². The first-order chi connectivity index (χ1) is 10.1. The van der Waals surface area contributed by atoms with Crippen LogP contribution in [0.15, 0.2) is 36.4 Å². The molecule has 0 aliphatic carbocycles. The van der Waals surface area contributed by atoms with Gasteiger partial charge in [-0.05, 0) is 32.0 Å². The van der Waals surface area contributed by atoms with Crippen molar-refractivity contribution in [3.63, 3.8) is 0 Å². The molecule has 0 saturated heterocycles.